The van der Waals surface area contributed by atoms with Crippen LogP contribution in [-0.2, 0) is 9.53 Å². The second-order valence-corrected chi connectivity index (χ2v) is 5.53. The molecule has 0 aliphatic carbocycles. The molecule has 0 aliphatic rings. The molecule has 0 saturated carbocycles. The normalized spacial score (nSPS) is 11.5. The zero-order chi connectivity index (χ0) is 17.8. The van der Waals surface area contributed by atoms with Crippen LogP contribution in [0.5, 0.6) is 0 Å². The van der Waals surface area contributed by atoms with Crippen molar-refractivity contribution >= 4 is 28.4 Å². The van der Waals surface area contributed by atoms with Gasteiger partial charge in [0, 0.05) is 17.0 Å². The van der Waals surface area contributed by atoms with Gasteiger partial charge in [-0.3, -0.25) is 4.79 Å². The van der Waals surface area contributed by atoms with Crippen LogP contribution in [0.2, 0.25) is 0 Å². The number of fused-ring (bicyclic) bond motifs is 1. The summed E-state index contributed by atoms with van der Waals surface area (Å²) < 4.78 is 5.06. The summed E-state index contributed by atoms with van der Waals surface area (Å²) in [5, 5.41) is 0.844. The summed E-state index contributed by atoms with van der Waals surface area (Å²) in [4.78, 5) is 26.3. The molecule has 25 heavy (non-hydrogen) atoms. The van der Waals surface area contributed by atoms with Crippen LogP contribution in [-0.4, -0.2) is 23.5 Å². The highest BCUT2D eigenvalue weighted by molar-refractivity contribution is 6.00. The molecule has 0 radical (unpaired) electrons. The third-order valence-electron chi connectivity index (χ3n) is 3.83. The SMILES string of the molecule is CCOC(=O)/C=C(/c1ccccc1)c1ccc2[nH]c(C(N)=O)cc2c1. The Bertz CT molecular complexity index is 955. The summed E-state index contributed by atoms with van der Waals surface area (Å²) in [6.45, 7) is 2.08. The maximum atomic E-state index is 12.0. The highest BCUT2D eigenvalue weighted by Gasteiger charge is 2.11. The standard InChI is InChI=1S/C20H18N2O3/c1-2-25-19(23)12-16(13-6-4-3-5-7-13)14-8-9-17-15(10-14)11-18(22-17)20(21)24/h3-12,22H,2H2,1H3,(H2,21,24)/b16-12-. The molecule has 3 rings (SSSR count). The van der Waals surface area contributed by atoms with Crippen LogP contribution >= 0.6 is 0 Å². The molecule has 0 unspecified atom stereocenters. The van der Waals surface area contributed by atoms with Gasteiger partial charge in [0.25, 0.3) is 5.91 Å². The first kappa shape index (κ1) is 16.5. The first-order valence-electron chi connectivity index (χ1n) is 7.95. The van der Waals surface area contributed by atoms with Crippen LogP contribution in [0.3, 0.4) is 0 Å². The van der Waals surface area contributed by atoms with Gasteiger partial charge in [0.05, 0.1) is 6.61 Å². The molecule has 3 N–H and O–H groups in total. The summed E-state index contributed by atoms with van der Waals surface area (Å²) in [6.07, 6.45) is 1.49. The predicted molar refractivity (Wildman–Crippen MR) is 97.0 cm³/mol. The van der Waals surface area contributed by atoms with E-state index in [1.165, 1.54) is 6.08 Å². The second kappa shape index (κ2) is 7.05. The van der Waals surface area contributed by atoms with Gasteiger partial charge in [-0.05, 0) is 41.8 Å². The number of primary amides is 1. The van der Waals surface area contributed by atoms with Crippen LogP contribution < -0.4 is 5.73 Å². The lowest BCUT2D eigenvalue weighted by atomic mass is 9.96. The van der Waals surface area contributed by atoms with Crippen molar-refractivity contribution in [3.8, 4) is 0 Å². The Kier molecular flexibility index (Phi) is 4.66. The summed E-state index contributed by atoms with van der Waals surface area (Å²) >= 11 is 0. The number of esters is 1. The van der Waals surface area contributed by atoms with Crippen molar-refractivity contribution < 1.29 is 14.3 Å². The Labute approximate surface area is 145 Å². The van der Waals surface area contributed by atoms with E-state index >= 15 is 0 Å². The van der Waals surface area contributed by atoms with E-state index in [0.29, 0.717) is 12.3 Å². The van der Waals surface area contributed by atoms with Crippen LogP contribution in [0, 0.1) is 0 Å². The van der Waals surface area contributed by atoms with Crippen molar-refractivity contribution in [2.75, 3.05) is 6.61 Å². The highest BCUT2D eigenvalue weighted by Crippen LogP contribution is 2.27. The fraction of sp³-hybridized carbons (Fsp3) is 0.100. The Morgan fingerprint density at radius 1 is 1.08 bits per heavy atom. The van der Waals surface area contributed by atoms with Crippen LogP contribution in [0.1, 0.15) is 28.5 Å². The number of hydrogen-bond acceptors (Lipinski definition) is 3. The number of aromatic amines is 1. The van der Waals surface area contributed by atoms with Crippen molar-refractivity contribution in [3.05, 3.63) is 77.5 Å². The van der Waals surface area contributed by atoms with E-state index in [0.717, 1.165) is 27.6 Å². The molecular weight excluding hydrogens is 316 g/mol. The van der Waals surface area contributed by atoms with E-state index in [4.69, 9.17) is 10.5 Å². The largest absolute Gasteiger partial charge is 0.463 e. The Morgan fingerprint density at radius 2 is 1.84 bits per heavy atom. The van der Waals surface area contributed by atoms with E-state index in [9.17, 15) is 9.59 Å². The number of benzene rings is 2. The van der Waals surface area contributed by atoms with Gasteiger partial charge in [-0.15, -0.1) is 0 Å². The van der Waals surface area contributed by atoms with Gasteiger partial charge in [-0.1, -0.05) is 36.4 Å². The number of nitrogens with two attached hydrogens (primary N) is 1. The van der Waals surface area contributed by atoms with Gasteiger partial charge in [-0.2, -0.15) is 0 Å². The minimum absolute atomic E-state index is 0.316. The van der Waals surface area contributed by atoms with Gasteiger partial charge in [0.15, 0.2) is 0 Å². The average molecular weight is 334 g/mol. The van der Waals surface area contributed by atoms with E-state index < -0.39 is 11.9 Å². The maximum absolute atomic E-state index is 12.0. The molecular formula is C20H18N2O3. The summed E-state index contributed by atoms with van der Waals surface area (Å²) in [7, 11) is 0. The third kappa shape index (κ3) is 3.61. The zero-order valence-corrected chi connectivity index (χ0v) is 13.8. The molecule has 0 fully saturated rings. The molecule has 0 aliphatic heterocycles. The number of ether oxygens (including phenoxy) is 1. The topological polar surface area (TPSA) is 85.2 Å². The van der Waals surface area contributed by atoms with E-state index in [2.05, 4.69) is 4.98 Å². The molecule has 5 heteroatoms. The van der Waals surface area contributed by atoms with Crippen molar-refractivity contribution in [3.63, 3.8) is 0 Å². The van der Waals surface area contributed by atoms with Crippen LogP contribution in [0.15, 0.2) is 60.7 Å². The Hall–Kier alpha value is -3.34. The number of rotatable bonds is 5. The van der Waals surface area contributed by atoms with Crippen molar-refractivity contribution in [2.24, 2.45) is 5.73 Å². The molecule has 1 heterocycles. The average Bonchev–Trinajstić information content (AvgIpc) is 3.04. The molecule has 1 aromatic heterocycles. The quantitative estimate of drug-likeness (QED) is 0.555. The number of hydrogen-bond donors (Lipinski definition) is 2. The first-order valence-corrected chi connectivity index (χ1v) is 7.95. The smallest absolute Gasteiger partial charge is 0.331 e. The number of carbonyl (C=O) groups excluding carboxylic acids is 2. The summed E-state index contributed by atoms with van der Waals surface area (Å²) in [5.74, 6) is -0.906. The summed E-state index contributed by atoms with van der Waals surface area (Å²) in [6, 6.07) is 17.0. The van der Waals surface area contributed by atoms with Gasteiger partial charge >= 0.3 is 5.97 Å². The van der Waals surface area contributed by atoms with Crippen molar-refractivity contribution in [2.45, 2.75) is 6.92 Å². The second-order valence-electron chi connectivity index (χ2n) is 5.53. The minimum atomic E-state index is -0.511. The minimum Gasteiger partial charge on any atom is -0.463 e. The first-order chi connectivity index (χ1) is 12.1. The molecule has 3 aromatic rings. The lowest BCUT2D eigenvalue weighted by Gasteiger charge is -2.09. The van der Waals surface area contributed by atoms with Gasteiger partial charge < -0.3 is 15.5 Å². The molecule has 2 aromatic carbocycles. The number of carbonyl (C=O) groups is 2. The maximum Gasteiger partial charge on any atom is 0.331 e. The van der Waals surface area contributed by atoms with E-state index in [-0.39, 0.29) is 0 Å². The Morgan fingerprint density at radius 3 is 2.52 bits per heavy atom. The molecule has 0 spiro atoms. The van der Waals surface area contributed by atoms with Crippen LogP contribution in [0.4, 0.5) is 0 Å². The van der Waals surface area contributed by atoms with Gasteiger partial charge in [0.2, 0.25) is 0 Å². The number of nitrogens with one attached hydrogen (secondary N) is 1. The fourth-order valence-corrected chi connectivity index (χ4v) is 2.69. The highest BCUT2D eigenvalue weighted by atomic mass is 16.5. The Balaban J connectivity index is 2.11. The van der Waals surface area contributed by atoms with E-state index in [1.807, 2.05) is 48.5 Å². The molecule has 126 valence electrons. The van der Waals surface area contributed by atoms with Crippen molar-refractivity contribution in [1.29, 1.82) is 0 Å². The predicted octanol–water partition coefficient (Wildman–Crippen LogP) is 3.26. The lowest BCUT2D eigenvalue weighted by molar-refractivity contribution is -0.137. The molecule has 1 amide bonds. The zero-order valence-electron chi connectivity index (χ0n) is 13.8. The van der Waals surface area contributed by atoms with Gasteiger partial charge in [0.1, 0.15) is 5.69 Å². The van der Waals surface area contributed by atoms with Crippen LogP contribution in [0.25, 0.3) is 16.5 Å². The monoisotopic (exact) mass is 334 g/mol. The molecule has 0 saturated heterocycles. The third-order valence-corrected chi connectivity index (χ3v) is 3.83. The molecule has 5 nitrogen and oxygen atoms in total. The summed E-state index contributed by atoms with van der Waals surface area (Å²) in [5.41, 5.74) is 8.98. The van der Waals surface area contributed by atoms with E-state index in [1.54, 1.807) is 13.0 Å². The number of amides is 1. The lowest BCUT2D eigenvalue weighted by Crippen LogP contribution is -2.10. The van der Waals surface area contributed by atoms with Crippen molar-refractivity contribution in [1.82, 2.24) is 4.98 Å². The van der Waals surface area contributed by atoms with Gasteiger partial charge in [-0.25, -0.2) is 4.79 Å². The number of aromatic nitrogens is 1. The molecule has 0 bridgehead atoms. The molecule has 0 atom stereocenters. The number of H-pyrrole nitrogens is 1. The fourth-order valence-electron chi connectivity index (χ4n) is 2.69.